The smallest absolute Gasteiger partial charge is 0.230 e. The number of pyridine rings is 1. The molecule has 3 heterocycles. The topological polar surface area (TPSA) is 80.5 Å². The van der Waals surface area contributed by atoms with Gasteiger partial charge in [-0.25, -0.2) is 4.98 Å². The van der Waals surface area contributed by atoms with Gasteiger partial charge in [-0.05, 0) is 38.3 Å². The minimum absolute atomic E-state index is 0.00352. The summed E-state index contributed by atoms with van der Waals surface area (Å²) in [5, 5.41) is 18.5. The highest BCUT2D eigenvalue weighted by atomic mass is 16.3. The van der Waals surface area contributed by atoms with Gasteiger partial charge < -0.3 is 14.9 Å². The summed E-state index contributed by atoms with van der Waals surface area (Å²) >= 11 is 0. The number of nitriles is 1. The molecule has 1 amide bonds. The molecule has 0 unspecified atom stereocenters. The fraction of sp³-hybridized carbons (Fsp3) is 0.588. The molecule has 1 aromatic rings. The van der Waals surface area contributed by atoms with Crippen LogP contribution in [0.25, 0.3) is 0 Å². The summed E-state index contributed by atoms with van der Waals surface area (Å²) < 4.78 is 0. The molecule has 0 bridgehead atoms. The SMILES string of the molecule is Cc1ccc(C#N)c(N2CC[C@]3(CCCN(CCO)C3=O)C2)n1. The van der Waals surface area contributed by atoms with Crippen LogP contribution in [0.1, 0.15) is 30.5 Å². The first-order chi connectivity index (χ1) is 11.1. The summed E-state index contributed by atoms with van der Waals surface area (Å²) in [5.41, 5.74) is 1.05. The Kier molecular flexibility index (Phi) is 4.22. The number of aryl methyl sites for hydroxylation is 1. The average Bonchev–Trinajstić information content (AvgIpc) is 2.97. The van der Waals surface area contributed by atoms with Crippen LogP contribution in [0.3, 0.4) is 0 Å². The molecule has 6 nitrogen and oxygen atoms in total. The van der Waals surface area contributed by atoms with E-state index in [0.29, 0.717) is 24.5 Å². The number of β-amino-alcohol motifs (C(OH)–C–C–N with tert-alkyl or cyclic N) is 1. The van der Waals surface area contributed by atoms with Crippen molar-refractivity contribution in [2.45, 2.75) is 26.2 Å². The number of piperidine rings is 1. The number of nitrogens with zero attached hydrogens (tertiary/aromatic N) is 4. The predicted octanol–water partition coefficient (Wildman–Crippen LogP) is 1.07. The maximum atomic E-state index is 12.8. The highest BCUT2D eigenvalue weighted by Crippen LogP contribution is 2.41. The Balaban J connectivity index is 1.84. The van der Waals surface area contributed by atoms with Crippen molar-refractivity contribution in [3.8, 4) is 6.07 Å². The van der Waals surface area contributed by atoms with E-state index in [9.17, 15) is 10.1 Å². The lowest BCUT2D eigenvalue weighted by molar-refractivity contribution is -0.145. The van der Waals surface area contributed by atoms with Crippen molar-refractivity contribution in [3.05, 3.63) is 23.4 Å². The van der Waals surface area contributed by atoms with Crippen LogP contribution in [0.2, 0.25) is 0 Å². The molecule has 2 aliphatic heterocycles. The lowest BCUT2D eigenvalue weighted by Crippen LogP contribution is -2.50. The minimum atomic E-state index is -0.383. The zero-order valence-electron chi connectivity index (χ0n) is 13.5. The first-order valence-corrected chi connectivity index (χ1v) is 8.12. The molecule has 122 valence electrons. The predicted molar refractivity (Wildman–Crippen MR) is 85.9 cm³/mol. The summed E-state index contributed by atoms with van der Waals surface area (Å²) in [5.74, 6) is 0.836. The Morgan fingerprint density at radius 1 is 1.39 bits per heavy atom. The van der Waals surface area contributed by atoms with Gasteiger partial charge in [-0.2, -0.15) is 5.26 Å². The Labute approximate surface area is 136 Å². The summed E-state index contributed by atoms with van der Waals surface area (Å²) in [6.45, 7) is 4.40. The van der Waals surface area contributed by atoms with Gasteiger partial charge in [0.15, 0.2) is 0 Å². The molecule has 3 rings (SSSR count). The van der Waals surface area contributed by atoms with Gasteiger partial charge >= 0.3 is 0 Å². The Bertz CT molecular complexity index is 652. The standard InChI is InChI=1S/C17H22N4O2/c1-13-3-4-14(11-18)15(19-13)21-8-6-17(12-21)5-2-7-20(9-10-22)16(17)23/h3-4,22H,2,5-10,12H2,1H3/t17-/m1/s1. The van der Waals surface area contributed by atoms with E-state index >= 15 is 0 Å². The third kappa shape index (κ3) is 2.77. The van der Waals surface area contributed by atoms with Crippen molar-refractivity contribution in [2.24, 2.45) is 5.41 Å². The van der Waals surface area contributed by atoms with E-state index in [1.54, 1.807) is 11.0 Å². The van der Waals surface area contributed by atoms with Gasteiger partial charge in [-0.3, -0.25) is 4.79 Å². The molecule has 1 atom stereocenters. The quantitative estimate of drug-likeness (QED) is 0.903. The number of anilines is 1. The fourth-order valence-electron chi connectivity index (χ4n) is 3.79. The van der Waals surface area contributed by atoms with Crippen LogP contribution < -0.4 is 4.90 Å². The fourth-order valence-corrected chi connectivity index (χ4v) is 3.79. The second kappa shape index (κ2) is 6.17. The molecule has 2 fully saturated rings. The third-order valence-electron chi connectivity index (χ3n) is 4.98. The zero-order valence-corrected chi connectivity index (χ0v) is 13.5. The number of likely N-dealkylation sites (tertiary alicyclic amines) is 1. The molecule has 0 radical (unpaired) electrons. The number of amides is 1. The van der Waals surface area contributed by atoms with E-state index in [1.165, 1.54) is 0 Å². The Morgan fingerprint density at radius 3 is 2.96 bits per heavy atom. The van der Waals surface area contributed by atoms with E-state index in [1.807, 2.05) is 13.0 Å². The number of hydrogen-bond acceptors (Lipinski definition) is 5. The molecule has 1 N–H and O–H groups in total. The minimum Gasteiger partial charge on any atom is -0.395 e. The van der Waals surface area contributed by atoms with Crippen LogP contribution in [-0.4, -0.2) is 53.7 Å². The van der Waals surface area contributed by atoms with Crippen molar-refractivity contribution in [1.82, 2.24) is 9.88 Å². The average molecular weight is 314 g/mol. The first kappa shape index (κ1) is 15.8. The molecular weight excluding hydrogens is 292 g/mol. The normalized spacial score (nSPS) is 24.3. The highest BCUT2D eigenvalue weighted by molar-refractivity contribution is 5.85. The van der Waals surface area contributed by atoms with Crippen LogP contribution in [-0.2, 0) is 4.79 Å². The molecular formula is C17H22N4O2. The van der Waals surface area contributed by atoms with Gasteiger partial charge in [0, 0.05) is 31.9 Å². The summed E-state index contributed by atoms with van der Waals surface area (Å²) in [6, 6.07) is 5.83. The Morgan fingerprint density at radius 2 is 2.22 bits per heavy atom. The molecule has 1 spiro atoms. The second-order valence-corrected chi connectivity index (χ2v) is 6.51. The number of hydrogen-bond donors (Lipinski definition) is 1. The second-order valence-electron chi connectivity index (χ2n) is 6.51. The first-order valence-electron chi connectivity index (χ1n) is 8.12. The van der Waals surface area contributed by atoms with Crippen molar-refractivity contribution >= 4 is 11.7 Å². The van der Waals surface area contributed by atoms with Crippen molar-refractivity contribution in [2.75, 3.05) is 37.7 Å². The summed E-state index contributed by atoms with van der Waals surface area (Å²) in [4.78, 5) is 21.2. The number of aliphatic hydroxyl groups is 1. The maximum Gasteiger partial charge on any atom is 0.230 e. The largest absolute Gasteiger partial charge is 0.395 e. The molecule has 0 aromatic carbocycles. The zero-order chi connectivity index (χ0) is 16.4. The van der Waals surface area contributed by atoms with Crippen LogP contribution in [0.15, 0.2) is 12.1 Å². The van der Waals surface area contributed by atoms with E-state index in [0.717, 1.165) is 38.0 Å². The van der Waals surface area contributed by atoms with Crippen molar-refractivity contribution in [3.63, 3.8) is 0 Å². The molecule has 1 aromatic heterocycles. The molecule has 0 saturated carbocycles. The van der Waals surface area contributed by atoms with Crippen molar-refractivity contribution in [1.29, 1.82) is 5.26 Å². The molecule has 2 aliphatic rings. The van der Waals surface area contributed by atoms with E-state index in [2.05, 4.69) is 16.0 Å². The van der Waals surface area contributed by atoms with E-state index in [4.69, 9.17) is 5.11 Å². The number of carbonyl (C=O) groups excluding carboxylic acids is 1. The van der Waals surface area contributed by atoms with E-state index < -0.39 is 0 Å². The van der Waals surface area contributed by atoms with Gasteiger partial charge in [-0.1, -0.05) is 0 Å². The van der Waals surface area contributed by atoms with E-state index in [-0.39, 0.29) is 17.9 Å². The Hall–Kier alpha value is -2.13. The molecule has 23 heavy (non-hydrogen) atoms. The van der Waals surface area contributed by atoms with Gasteiger partial charge in [0.05, 0.1) is 17.6 Å². The van der Waals surface area contributed by atoms with Crippen LogP contribution in [0, 0.1) is 23.7 Å². The number of aliphatic hydroxyl groups excluding tert-OH is 1. The molecule has 6 heteroatoms. The van der Waals surface area contributed by atoms with Gasteiger partial charge in [0.2, 0.25) is 5.91 Å². The van der Waals surface area contributed by atoms with Crippen LogP contribution in [0.5, 0.6) is 0 Å². The van der Waals surface area contributed by atoms with Crippen LogP contribution >= 0.6 is 0 Å². The van der Waals surface area contributed by atoms with Gasteiger partial charge in [-0.15, -0.1) is 0 Å². The number of aromatic nitrogens is 1. The highest BCUT2D eigenvalue weighted by Gasteiger charge is 2.48. The molecule has 0 aliphatic carbocycles. The summed E-state index contributed by atoms with van der Waals surface area (Å²) in [6.07, 6.45) is 2.62. The monoisotopic (exact) mass is 314 g/mol. The summed E-state index contributed by atoms with van der Waals surface area (Å²) in [7, 11) is 0. The number of carbonyl (C=O) groups is 1. The van der Waals surface area contributed by atoms with Gasteiger partial charge in [0.1, 0.15) is 11.9 Å². The van der Waals surface area contributed by atoms with Gasteiger partial charge in [0.25, 0.3) is 0 Å². The van der Waals surface area contributed by atoms with Crippen molar-refractivity contribution < 1.29 is 9.90 Å². The lowest BCUT2D eigenvalue weighted by atomic mass is 9.78. The maximum absolute atomic E-state index is 12.8. The lowest BCUT2D eigenvalue weighted by Gasteiger charge is -2.39. The molecule has 2 saturated heterocycles. The number of rotatable bonds is 3. The van der Waals surface area contributed by atoms with Crippen LogP contribution in [0.4, 0.5) is 5.82 Å². The third-order valence-corrected chi connectivity index (χ3v) is 4.98.